The Labute approximate surface area is 117 Å². The van der Waals surface area contributed by atoms with Crippen molar-refractivity contribution in [3.8, 4) is 0 Å². The third kappa shape index (κ3) is 3.31. The van der Waals surface area contributed by atoms with Gasteiger partial charge in [0.2, 0.25) is 0 Å². The molecule has 0 aromatic carbocycles. The average molecular weight is 268 g/mol. The fourth-order valence-corrected chi connectivity index (χ4v) is 4.01. The van der Waals surface area contributed by atoms with Crippen molar-refractivity contribution in [3.63, 3.8) is 0 Å². The highest BCUT2D eigenvalue weighted by Crippen LogP contribution is 2.46. The second-order valence-electron chi connectivity index (χ2n) is 6.72. The molecule has 0 unspecified atom stereocenters. The van der Waals surface area contributed by atoms with Crippen molar-refractivity contribution < 1.29 is 14.3 Å². The topological polar surface area (TPSA) is 35.5 Å². The fourth-order valence-electron chi connectivity index (χ4n) is 4.01. The van der Waals surface area contributed by atoms with Gasteiger partial charge in [0.25, 0.3) is 0 Å². The van der Waals surface area contributed by atoms with Gasteiger partial charge in [0, 0.05) is 19.3 Å². The Bertz CT molecular complexity index is 328. The first-order valence-corrected chi connectivity index (χ1v) is 7.79. The van der Waals surface area contributed by atoms with Gasteiger partial charge in [-0.1, -0.05) is 26.7 Å². The van der Waals surface area contributed by atoms with Crippen LogP contribution in [0.5, 0.6) is 0 Å². The van der Waals surface area contributed by atoms with E-state index >= 15 is 0 Å². The Kier molecular flexibility index (Phi) is 4.54. The van der Waals surface area contributed by atoms with E-state index in [1.54, 1.807) is 0 Å². The molecule has 19 heavy (non-hydrogen) atoms. The van der Waals surface area contributed by atoms with Gasteiger partial charge < -0.3 is 9.47 Å². The summed E-state index contributed by atoms with van der Waals surface area (Å²) in [5.41, 5.74) is -0.325. The summed E-state index contributed by atoms with van der Waals surface area (Å²) in [6.45, 7) is 8.12. The van der Waals surface area contributed by atoms with Crippen molar-refractivity contribution in [2.75, 3.05) is 0 Å². The molecule has 5 atom stereocenters. The van der Waals surface area contributed by atoms with Gasteiger partial charge in [-0.25, -0.2) is 0 Å². The molecule has 0 amide bonds. The van der Waals surface area contributed by atoms with E-state index in [4.69, 9.17) is 9.47 Å². The zero-order valence-electron chi connectivity index (χ0n) is 12.8. The zero-order chi connectivity index (χ0) is 14.0. The van der Waals surface area contributed by atoms with Gasteiger partial charge in [-0.15, -0.1) is 0 Å². The Balaban J connectivity index is 2.16. The molecule has 0 N–H and O–H groups in total. The van der Waals surface area contributed by atoms with Crippen molar-refractivity contribution in [2.45, 2.75) is 84.0 Å². The van der Waals surface area contributed by atoms with Crippen molar-refractivity contribution in [1.29, 1.82) is 0 Å². The molecular weight excluding hydrogens is 240 g/mol. The highest BCUT2D eigenvalue weighted by molar-refractivity contribution is 5.66. The molecule has 110 valence electrons. The van der Waals surface area contributed by atoms with Crippen LogP contribution in [-0.4, -0.2) is 23.8 Å². The van der Waals surface area contributed by atoms with E-state index in [1.165, 1.54) is 13.3 Å². The molecule has 0 aromatic rings. The van der Waals surface area contributed by atoms with E-state index in [-0.39, 0.29) is 23.8 Å². The molecule has 2 rings (SSSR count). The summed E-state index contributed by atoms with van der Waals surface area (Å²) in [4.78, 5) is 11.5. The summed E-state index contributed by atoms with van der Waals surface area (Å²) in [6.07, 6.45) is 7.02. The minimum atomic E-state index is -0.325. The molecule has 0 aromatic heterocycles. The van der Waals surface area contributed by atoms with Gasteiger partial charge in [0.05, 0.1) is 12.2 Å². The van der Waals surface area contributed by atoms with Crippen molar-refractivity contribution in [3.05, 3.63) is 0 Å². The quantitative estimate of drug-likeness (QED) is 0.732. The lowest BCUT2D eigenvalue weighted by molar-refractivity contribution is -0.216. The number of carbonyl (C=O) groups excluding carboxylic acids is 1. The normalized spacial score (nSPS) is 42.5. The summed E-state index contributed by atoms with van der Waals surface area (Å²) < 4.78 is 12.0. The second kappa shape index (κ2) is 5.82. The second-order valence-corrected chi connectivity index (χ2v) is 6.72. The Hall–Kier alpha value is -0.570. The van der Waals surface area contributed by atoms with Crippen LogP contribution in [0.3, 0.4) is 0 Å². The van der Waals surface area contributed by atoms with Gasteiger partial charge in [0.15, 0.2) is 0 Å². The van der Waals surface area contributed by atoms with Crippen LogP contribution >= 0.6 is 0 Å². The predicted molar refractivity (Wildman–Crippen MR) is 74.9 cm³/mol. The molecule has 1 saturated heterocycles. The van der Waals surface area contributed by atoms with E-state index in [2.05, 4.69) is 20.8 Å². The number of hydrogen-bond acceptors (Lipinski definition) is 3. The van der Waals surface area contributed by atoms with Crippen LogP contribution in [0.25, 0.3) is 0 Å². The summed E-state index contributed by atoms with van der Waals surface area (Å²) >= 11 is 0. The SMILES string of the molecule is CCC[C@H]1C[C@@](C)(OC(C)=O)[C@@H]2CC[C@@H](C)C[C@H]2O1. The maximum atomic E-state index is 11.5. The molecule has 3 nitrogen and oxygen atoms in total. The van der Waals surface area contributed by atoms with Crippen LogP contribution in [0.2, 0.25) is 0 Å². The molecule has 2 fully saturated rings. The zero-order valence-corrected chi connectivity index (χ0v) is 12.8. The first-order valence-electron chi connectivity index (χ1n) is 7.79. The number of hydrogen-bond donors (Lipinski definition) is 0. The lowest BCUT2D eigenvalue weighted by Gasteiger charge is -2.51. The van der Waals surface area contributed by atoms with E-state index < -0.39 is 0 Å². The highest BCUT2D eigenvalue weighted by atomic mass is 16.6. The molecule has 1 saturated carbocycles. The molecular formula is C16H28O3. The maximum absolute atomic E-state index is 11.5. The third-order valence-electron chi connectivity index (χ3n) is 4.83. The van der Waals surface area contributed by atoms with Crippen LogP contribution in [-0.2, 0) is 14.3 Å². The van der Waals surface area contributed by atoms with E-state index in [0.717, 1.165) is 38.0 Å². The summed E-state index contributed by atoms with van der Waals surface area (Å²) in [7, 11) is 0. The summed E-state index contributed by atoms with van der Waals surface area (Å²) in [5, 5.41) is 0. The van der Waals surface area contributed by atoms with Gasteiger partial charge in [-0.2, -0.15) is 0 Å². The lowest BCUT2D eigenvalue weighted by atomic mass is 9.68. The van der Waals surface area contributed by atoms with Crippen LogP contribution in [0, 0.1) is 11.8 Å². The molecule has 2 aliphatic rings. The van der Waals surface area contributed by atoms with E-state index in [1.807, 2.05) is 0 Å². The number of rotatable bonds is 3. The number of ether oxygens (including phenoxy) is 2. The van der Waals surface area contributed by atoms with E-state index in [9.17, 15) is 4.79 Å². The van der Waals surface area contributed by atoms with Gasteiger partial charge in [0.1, 0.15) is 5.60 Å². The maximum Gasteiger partial charge on any atom is 0.303 e. The Morgan fingerprint density at radius 2 is 2.16 bits per heavy atom. The van der Waals surface area contributed by atoms with Crippen LogP contribution in [0.1, 0.15) is 66.2 Å². The largest absolute Gasteiger partial charge is 0.459 e. The molecule has 0 bridgehead atoms. The molecule has 3 heteroatoms. The van der Waals surface area contributed by atoms with Gasteiger partial charge >= 0.3 is 5.97 Å². The first-order chi connectivity index (χ1) is 8.94. The summed E-state index contributed by atoms with van der Waals surface area (Å²) in [5.74, 6) is 0.945. The molecule has 1 aliphatic carbocycles. The smallest absolute Gasteiger partial charge is 0.303 e. The number of fused-ring (bicyclic) bond motifs is 1. The standard InChI is InChI=1S/C16H28O3/c1-5-6-13-10-16(4,19-12(3)17)14-8-7-11(2)9-15(14)18-13/h11,13-15H,5-10H2,1-4H3/t11-,13+,14-,15-,16-/m1/s1. The molecule has 1 heterocycles. The number of carbonyl (C=O) groups is 1. The van der Waals surface area contributed by atoms with Gasteiger partial charge in [-0.3, -0.25) is 4.79 Å². The minimum Gasteiger partial charge on any atom is -0.459 e. The first kappa shape index (κ1) is 14.8. The van der Waals surface area contributed by atoms with Crippen LogP contribution in [0.15, 0.2) is 0 Å². The van der Waals surface area contributed by atoms with Crippen LogP contribution < -0.4 is 0 Å². The minimum absolute atomic E-state index is 0.156. The Morgan fingerprint density at radius 1 is 1.42 bits per heavy atom. The molecule has 0 spiro atoms. The van der Waals surface area contributed by atoms with E-state index in [0.29, 0.717) is 5.92 Å². The fraction of sp³-hybridized carbons (Fsp3) is 0.938. The van der Waals surface area contributed by atoms with Gasteiger partial charge in [-0.05, 0) is 32.1 Å². The predicted octanol–water partition coefficient (Wildman–Crippen LogP) is 3.70. The third-order valence-corrected chi connectivity index (χ3v) is 4.83. The van der Waals surface area contributed by atoms with Crippen molar-refractivity contribution in [1.82, 2.24) is 0 Å². The number of esters is 1. The van der Waals surface area contributed by atoms with Crippen molar-refractivity contribution in [2.24, 2.45) is 11.8 Å². The van der Waals surface area contributed by atoms with Crippen molar-refractivity contribution >= 4 is 5.97 Å². The monoisotopic (exact) mass is 268 g/mol. The highest BCUT2D eigenvalue weighted by Gasteiger charge is 2.50. The average Bonchev–Trinajstić information content (AvgIpc) is 2.26. The molecule has 1 aliphatic heterocycles. The van der Waals surface area contributed by atoms with Crippen LogP contribution in [0.4, 0.5) is 0 Å². The Morgan fingerprint density at radius 3 is 2.79 bits per heavy atom. The lowest BCUT2D eigenvalue weighted by Crippen LogP contribution is -2.55. The summed E-state index contributed by atoms with van der Waals surface area (Å²) in [6, 6.07) is 0. The molecule has 0 radical (unpaired) electrons.